The van der Waals surface area contributed by atoms with Gasteiger partial charge in [0.15, 0.2) is 0 Å². The predicted octanol–water partition coefficient (Wildman–Crippen LogP) is 4.47. The molecule has 0 radical (unpaired) electrons. The molecule has 2 amide bonds. The van der Waals surface area contributed by atoms with Crippen LogP contribution in [0, 0.1) is 0 Å². The van der Waals surface area contributed by atoms with Crippen LogP contribution in [0.25, 0.3) is 0 Å². The fourth-order valence-corrected chi connectivity index (χ4v) is 4.45. The minimum Gasteiger partial charge on any atom is -0.348 e. The van der Waals surface area contributed by atoms with Crippen LogP contribution < -0.4 is 10.6 Å². The third-order valence-corrected chi connectivity index (χ3v) is 6.53. The molecule has 1 aliphatic heterocycles. The van der Waals surface area contributed by atoms with Crippen molar-refractivity contribution in [3.05, 3.63) is 63.1 Å². The zero-order valence-electron chi connectivity index (χ0n) is 18.1. The second-order valence-electron chi connectivity index (χ2n) is 7.91. The Morgan fingerprint density at radius 1 is 0.969 bits per heavy atom. The molecule has 172 valence electrons. The van der Waals surface area contributed by atoms with Gasteiger partial charge >= 0.3 is 0 Å². The second kappa shape index (κ2) is 11.3. The number of hydrogen-bond acceptors (Lipinski definition) is 4. The molecule has 0 bridgehead atoms. The number of anilines is 1. The van der Waals surface area contributed by atoms with Gasteiger partial charge in [0, 0.05) is 36.2 Å². The monoisotopic (exact) mass is 496 g/mol. The van der Waals surface area contributed by atoms with E-state index in [1.54, 1.807) is 24.3 Å². The highest BCUT2D eigenvalue weighted by molar-refractivity contribution is 6.35. The fraction of sp³-hybridized carbons (Fsp3) is 0.391. The lowest BCUT2D eigenvalue weighted by Crippen LogP contribution is -2.55. The minimum atomic E-state index is -0.289. The Bertz CT molecular complexity index is 964. The fourth-order valence-electron chi connectivity index (χ4n) is 3.69. The van der Waals surface area contributed by atoms with Gasteiger partial charge in [-0.25, -0.2) is 0 Å². The first-order valence-electron chi connectivity index (χ1n) is 10.5. The van der Waals surface area contributed by atoms with Crippen LogP contribution in [0.3, 0.4) is 0 Å². The molecule has 1 aliphatic rings. The average molecular weight is 498 g/mol. The van der Waals surface area contributed by atoms with Crippen LogP contribution in [0.2, 0.25) is 15.1 Å². The Kier molecular flexibility index (Phi) is 8.79. The Morgan fingerprint density at radius 3 is 2.31 bits per heavy atom. The first-order valence-corrected chi connectivity index (χ1v) is 11.6. The van der Waals surface area contributed by atoms with E-state index in [1.807, 2.05) is 32.0 Å². The zero-order chi connectivity index (χ0) is 23.3. The molecule has 2 aromatic rings. The third-order valence-electron chi connectivity index (χ3n) is 5.64. The Morgan fingerprint density at radius 2 is 1.66 bits per heavy atom. The van der Waals surface area contributed by atoms with Crippen molar-refractivity contribution in [3.8, 4) is 0 Å². The number of amides is 2. The molecule has 0 spiro atoms. The molecule has 2 unspecified atom stereocenters. The highest BCUT2D eigenvalue weighted by Crippen LogP contribution is 2.26. The van der Waals surface area contributed by atoms with Gasteiger partial charge in [0.25, 0.3) is 0 Å². The van der Waals surface area contributed by atoms with Crippen molar-refractivity contribution < 1.29 is 9.59 Å². The molecule has 1 saturated heterocycles. The van der Waals surface area contributed by atoms with Crippen molar-refractivity contribution in [2.75, 3.05) is 38.0 Å². The molecule has 32 heavy (non-hydrogen) atoms. The molecule has 0 aromatic heterocycles. The number of hydrogen-bond donors (Lipinski definition) is 2. The van der Waals surface area contributed by atoms with Gasteiger partial charge in [0.1, 0.15) is 0 Å². The van der Waals surface area contributed by atoms with Gasteiger partial charge < -0.3 is 10.6 Å². The van der Waals surface area contributed by atoms with Crippen molar-refractivity contribution in [1.29, 1.82) is 0 Å². The van der Waals surface area contributed by atoms with Crippen LogP contribution in [-0.2, 0) is 9.59 Å². The highest BCUT2D eigenvalue weighted by Gasteiger charge is 2.27. The molecule has 2 aromatic carbocycles. The molecule has 3 rings (SSSR count). The first kappa shape index (κ1) is 24.8. The van der Waals surface area contributed by atoms with Crippen LogP contribution in [0.15, 0.2) is 42.5 Å². The summed E-state index contributed by atoms with van der Waals surface area (Å²) in [5.41, 5.74) is 1.43. The summed E-state index contributed by atoms with van der Waals surface area (Å²) in [6, 6.07) is 11.9. The van der Waals surface area contributed by atoms with Crippen LogP contribution in [0.5, 0.6) is 0 Å². The lowest BCUT2D eigenvalue weighted by Gasteiger charge is -2.37. The molecule has 6 nitrogen and oxygen atoms in total. The Balaban J connectivity index is 1.46. The van der Waals surface area contributed by atoms with Crippen LogP contribution in [-0.4, -0.2) is 60.4 Å². The quantitative estimate of drug-likeness (QED) is 0.592. The summed E-state index contributed by atoms with van der Waals surface area (Å²) in [5.74, 6) is -0.167. The van der Waals surface area contributed by atoms with Crippen molar-refractivity contribution in [1.82, 2.24) is 15.1 Å². The predicted molar refractivity (Wildman–Crippen MR) is 131 cm³/mol. The summed E-state index contributed by atoms with van der Waals surface area (Å²) >= 11 is 18.3. The van der Waals surface area contributed by atoms with E-state index in [4.69, 9.17) is 34.8 Å². The molecular weight excluding hydrogens is 471 g/mol. The molecule has 9 heteroatoms. The maximum atomic E-state index is 12.8. The van der Waals surface area contributed by atoms with Crippen molar-refractivity contribution in [2.45, 2.75) is 25.9 Å². The number of carbonyl (C=O) groups excluding carboxylic acids is 2. The highest BCUT2D eigenvalue weighted by atomic mass is 35.5. The van der Waals surface area contributed by atoms with Crippen LogP contribution in [0.1, 0.15) is 25.5 Å². The number of para-hydroxylation sites is 1. The van der Waals surface area contributed by atoms with E-state index in [-0.39, 0.29) is 30.4 Å². The standard InChI is InChI=1S/C23H27Cl3N4O2/c1-15(18-8-7-17(24)13-20(18)26)27-23(32)16(2)30-11-9-29(10-12-30)14-22(31)28-21-6-4-3-5-19(21)25/h3-8,13,15-16H,9-12,14H2,1-2H3,(H,27,32)(H,28,31). The molecule has 2 N–H and O–H groups in total. The average Bonchev–Trinajstić information content (AvgIpc) is 2.75. The van der Waals surface area contributed by atoms with E-state index in [2.05, 4.69) is 20.4 Å². The summed E-state index contributed by atoms with van der Waals surface area (Å²) in [6.45, 7) is 6.87. The number of rotatable bonds is 7. The summed E-state index contributed by atoms with van der Waals surface area (Å²) in [6.07, 6.45) is 0. The smallest absolute Gasteiger partial charge is 0.238 e. The maximum absolute atomic E-state index is 12.8. The first-order chi connectivity index (χ1) is 15.2. The van der Waals surface area contributed by atoms with E-state index < -0.39 is 0 Å². The number of nitrogens with zero attached hydrogens (tertiary/aromatic N) is 2. The maximum Gasteiger partial charge on any atom is 0.238 e. The van der Waals surface area contributed by atoms with Gasteiger partial charge in [0.2, 0.25) is 11.8 Å². The third kappa shape index (κ3) is 6.59. The largest absolute Gasteiger partial charge is 0.348 e. The van der Waals surface area contributed by atoms with E-state index in [9.17, 15) is 9.59 Å². The van der Waals surface area contributed by atoms with Gasteiger partial charge in [-0.3, -0.25) is 19.4 Å². The summed E-state index contributed by atoms with van der Waals surface area (Å²) in [5, 5.41) is 7.48. The SMILES string of the molecule is CC(NC(=O)C(C)N1CCN(CC(=O)Nc2ccccc2Cl)CC1)c1ccc(Cl)cc1Cl. The molecular formula is C23H27Cl3N4O2. The Hall–Kier alpha value is -1.83. The van der Waals surface area contributed by atoms with Crippen LogP contribution >= 0.6 is 34.8 Å². The minimum absolute atomic E-state index is 0.0616. The topological polar surface area (TPSA) is 64.7 Å². The molecule has 1 fully saturated rings. The van der Waals surface area contributed by atoms with Crippen molar-refractivity contribution in [2.24, 2.45) is 0 Å². The van der Waals surface area contributed by atoms with E-state index in [0.717, 1.165) is 5.56 Å². The number of halogens is 3. The zero-order valence-corrected chi connectivity index (χ0v) is 20.3. The van der Waals surface area contributed by atoms with Crippen molar-refractivity contribution >= 4 is 52.3 Å². The van der Waals surface area contributed by atoms with Crippen molar-refractivity contribution in [3.63, 3.8) is 0 Å². The molecule has 1 heterocycles. The number of benzene rings is 2. The molecule has 2 atom stereocenters. The van der Waals surface area contributed by atoms with Gasteiger partial charge in [-0.1, -0.05) is 53.0 Å². The molecule has 0 saturated carbocycles. The normalized spacial score (nSPS) is 16.9. The number of piperazine rings is 1. The summed E-state index contributed by atoms with van der Waals surface area (Å²) in [7, 11) is 0. The van der Waals surface area contributed by atoms with Crippen LogP contribution in [0.4, 0.5) is 5.69 Å². The van der Waals surface area contributed by atoms with Gasteiger partial charge in [-0.2, -0.15) is 0 Å². The summed E-state index contributed by atoms with van der Waals surface area (Å²) < 4.78 is 0. The lowest BCUT2D eigenvalue weighted by atomic mass is 10.1. The summed E-state index contributed by atoms with van der Waals surface area (Å²) in [4.78, 5) is 29.3. The van der Waals surface area contributed by atoms with Gasteiger partial charge in [0.05, 0.1) is 29.3 Å². The van der Waals surface area contributed by atoms with Gasteiger partial charge in [-0.05, 0) is 43.7 Å². The van der Waals surface area contributed by atoms with E-state index >= 15 is 0 Å². The lowest BCUT2D eigenvalue weighted by molar-refractivity contribution is -0.127. The Labute approximate surface area is 203 Å². The van der Waals surface area contributed by atoms with Gasteiger partial charge in [-0.15, -0.1) is 0 Å². The second-order valence-corrected chi connectivity index (χ2v) is 9.16. The van der Waals surface area contributed by atoms with E-state index in [1.165, 1.54) is 0 Å². The van der Waals surface area contributed by atoms with E-state index in [0.29, 0.717) is 46.9 Å². The molecule has 0 aliphatic carbocycles. The number of carbonyl (C=O) groups is 2. The number of nitrogens with one attached hydrogen (secondary N) is 2.